The van der Waals surface area contributed by atoms with Crippen molar-refractivity contribution in [3.05, 3.63) is 195 Å². The van der Waals surface area contributed by atoms with Crippen molar-refractivity contribution in [2.75, 3.05) is 4.90 Å². The molecule has 6 aromatic carbocycles. The predicted octanol–water partition coefficient (Wildman–Crippen LogP) is 13.1. The van der Waals surface area contributed by atoms with Crippen molar-refractivity contribution in [3.63, 3.8) is 0 Å². The van der Waals surface area contributed by atoms with E-state index in [1.165, 1.54) is 16.3 Å². The fourth-order valence-corrected chi connectivity index (χ4v) is 8.81. The second kappa shape index (κ2) is 12.8. The van der Waals surface area contributed by atoms with Crippen LogP contribution in [0, 0.1) is 0 Å². The van der Waals surface area contributed by atoms with Crippen LogP contribution >= 0.6 is 0 Å². The molecule has 1 aliphatic rings. The zero-order chi connectivity index (χ0) is 38.2. The van der Waals surface area contributed by atoms with E-state index in [1.54, 1.807) is 0 Å². The summed E-state index contributed by atoms with van der Waals surface area (Å²) in [6.45, 7) is 0. The van der Waals surface area contributed by atoms with E-state index in [-0.39, 0.29) is 0 Å². The molecule has 58 heavy (non-hydrogen) atoms. The van der Waals surface area contributed by atoms with Gasteiger partial charge < -0.3 is 4.57 Å². The molecule has 5 aromatic heterocycles. The van der Waals surface area contributed by atoms with Crippen LogP contribution in [0.5, 0.6) is 0 Å². The first kappa shape index (κ1) is 32.3. The summed E-state index contributed by atoms with van der Waals surface area (Å²) >= 11 is 0. The SMILES string of the molecule is c1ccc2c(c1)-c1c(n(-c3cc(-c4ccncc4)nc(-c4ccc5ccccc5c4)c3)c3ccccc13)-c1ccccc1N2c1ccc2ccc3cccnc3c2n1. The highest BCUT2D eigenvalue weighted by Crippen LogP contribution is 2.54. The molecule has 6 heterocycles. The molecule has 0 saturated carbocycles. The Labute approximate surface area is 334 Å². The lowest BCUT2D eigenvalue weighted by Gasteiger charge is -2.26. The number of aromatic nitrogens is 5. The number of rotatable bonds is 4. The first-order valence-electron chi connectivity index (χ1n) is 19.5. The van der Waals surface area contributed by atoms with Crippen LogP contribution in [0.15, 0.2) is 195 Å². The number of benzene rings is 6. The van der Waals surface area contributed by atoms with Gasteiger partial charge in [-0.2, -0.15) is 0 Å². The first-order chi connectivity index (χ1) is 28.8. The molecule has 1 aliphatic heterocycles. The van der Waals surface area contributed by atoms with Crippen molar-refractivity contribution in [2.24, 2.45) is 0 Å². The Morgan fingerprint density at radius 3 is 1.95 bits per heavy atom. The highest BCUT2D eigenvalue weighted by molar-refractivity contribution is 6.13. The molecule has 11 aromatic rings. The van der Waals surface area contributed by atoms with E-state index in [4.69, 9.17) is 15.0 Å². The lowest BCUT2D eigenvalue weighted by Crippen LogP contribution is -2.13. The third-order valence-electron chi connectivity index (χ3n) is 11.4. The second-order valence-corrected chi connectivity index (χ2v) is 14.7. The van der Waals surface area contributed by atoms with Gasteiger partial charge in [0.15, 0.2) is 0 Å². The van der Waals surface area contributed by atoms with E-state index < -0.39 is 0 Å². The highest BCUT2D eigenvalue weighted by Gasteiger charge is 2.32. The Bertz CT molecular complexity index is 3420. The van der Waals surface area contributed by atoms with Crippen LogP contribution in [0.25, 0.3) is 94.1 Å². The molecule has 0 radical (unpaired) electrons. The maximum Gasteiger partial charge on any atom is 0.138 e. The zero-order valence-electron chi connectivity index (χ0n) is 31.2. The minimum Gasteiger partial charge on any atom is -0.308 e. The van der Waals surface area contributed by atoms with Gasteiger partial charge in [-0.05, 0) is 77.5 Å². The fraction of sp³-hybridized carbons (Fsp3) is 0. The zero-order valence-corrected chi connectivity index (χ0v) is 31.2. The maximum absolute atomic E-state index is 5.41. The average Bonchev–Trinajstić information content (AvgIpc) is 3.58. The number of hydrogen-bond acceptors (Lipinski definition) is 5. The third kappa shape index (κ3) is 4.98. The molecule has 0 saturated heterocycles. The number of nitrogens with zero attached hydrogens (tertiary/aromatic N) is 6. The van der Waals surface area contributed by atoms with Gasteiger partial charge in [0.2, 0.25) is 0 Å². The molecule has 6 nitrogen and oxygen atoms in total. The number of pyridine rings is 4. The minimum absolute atomic E-state index is 0.828. The van der Waals surface area contributed by atoms with Crippen molar-refractivity contribution in [2.45, 2.75) is 0 Å². The standard InChI is InChI=1S/C52H32N6/c1-2-11-37-30-38(22-19-33(37)10-1)44-32-39(31-43(55-44)34-25-28-53-29-26-34)57-45-16-6-3-13-40(45)49-41-14-4-7-17-46(41)58(47-18-8-5-15-42(47)52(49)57)48-24-23-36-21-20-35-12-9-27-54-50(35)51(36)56-48/h1-32H. The van der Waals surface area contributed by atoms with E-state index in [0.29, 0.717) is 0 Å². The van der Waals surface area contributed by atoms with Gasteiger partial charge in [0.25, 0.3) is 0 Å². The van der Waals surface area contributed by atoms with Crippen LogP contribution < -0.4 is 4.90 Å². The molecule has 270 valence electrons. The summed E-state index contributed by atoms with van der Waals surface area (Å²) in [6.07, 6.45) is 5.51. The largest absolute Gasteiger partial charge is 0.308 e. The quantitative estimate of drug-likeness (QED) is 0.168. The summed E-state index contributed by atoms with van der Waals surface area (Å²) in [5.41, 5.74) is 14.3. The summed E-state index contributed by atoms with van der Waals surface area (Å²) in [6, 6.07) is 62.4. The molecule has 0 atom stereocenters. The van der Waals surface area contributed by atoms with E-state index in [2.05, 4.69) is 172 Å². The Morgan fingerprint density at radius 1 is 0.431 bits per heavy atom. The smallest absolute Gasteiger partial charge is 0.138 e. The van der Waals surface area contributed by atoms with Crippen LogP contribution in [-0.2, 0) is 0 Å². The Morgan fingerprint density at radius 2 is 1.09 bits per heavy atom. The molecule has 12 rings (SSSR count). The van der Waals surface area contributed by atoms with Gasteiger partial charge in [-0.3, -0.25) is 14.9 Å². The molecular formula is C52H32N6. The predicted molar refractivity (Wildman–Crippen MR) is 237 cm³/mol. The number of fused-ring (bicyclic) bond motifs is 11. The van der Waals surface area contributed by atoms with E-state index in [9.17, 15) is 0 Å². The molecule has 0 amide bonds. The maximum atomic E-state index is 5.41. The molecule has 0 aliphatic carbocycles. The van der Waals surface area contributed by atoms with Gasteiger partial charge in [0, 0.05) is 62.6 Å². The third-order valence-corrected chi connectivity index (χ3v) is 11.4. The first-order valence-corrected chi connectivity index (χ1v) is 19.5. The average molecular weight is 741 g/mol. The topological polar surface area (TPSA) is 59.7 Å². The molecule has 0 unspecified atom stereocenters. The van der Waals surface area contributed by atoms with Gasteiger partial charge >= 0.3 is 0 Å². The summed E-state index contributed by atoms with van der Waals surface area (Å²) in [5.74, 6) is 0.828. The Balaban J connectivity index is 1.16. The number of para-hydroxylation sites is 3. The van der Waals surface area contributed by atoms with Crippen molar-refractivity contribution >= 4 is 60.7 Å². The van der Waals surface area contributed by atoms with Crippen LogP contribution in [-0.4, -0.2) is 24.5 Å². The lowest BCUT2D eigenvalue weighted by atomic mass is 9.98. The Hall–Kier alpha value is -7.96. The van der Waals surface area contributed by atoms with Gasteiger partial charge in [-0.1, -0.05) is 109 Å². The van der Waals surface area contributed by atoms with Gasteiger partial charge in [0.05, 0.1) is 50.7 Å². The van der Waals surface area contributed by atoms with E-state index in [1.807, 2.05) is 36.8 Å². The van der Waals surface area contributed by atoms with Crippen LogP contribution in [0.3, 0.4) is 0 Å². The van der Waals surface area contributed by atoms with Crippen LogP contribution in [0.4, 0.5) is 17.2 Å². The van der Waals surface area contributed by atoms with Gasteiger partial charge in [-0.15, -0.1) is 0 Å². The van der Waals surface area contributed by atoms with Gasteiger partial charge in [0.1, 0.15) is 5.82 Å². The summed E-state index contributed by atoms with van der Waals surface area (Å²) in [4.78, 5) is 22.2. The molecule has 0 bridgehead atoms. The lowest BCUT2D eigenvalue weighted by molar-refractivity contribution is 1.12. The van der Waals surface area contributed by atoms with Crippen LogP contribution in [0.2, 0.25) is 0 Å². The van der Waals surface area contributed by atoms with Crippen molar-refractivity contribution in [1.82, 2.24) is 24.5 Å². The van der Waals surface area contributed by atoms with Crippen LogP contribution in [0.1, 0.15) is 0 Å². The molecule has 0 spiro atoms. The second-order valence-electron chi connectivity index (χ2n) is 14.7. The van der Waals surface area contributed by atoms with Crippen molar-refractivity contribution in [3.8, 4) is 50.6 Å². The molecule has 0 fully saturated rings. The minimum atomic E-state index is 0.828. The highest BCUT2D eigenvalue weighted by atomic mass is 15.2. The van der Waals surface area contributed by atoms with E-state index >= 15 is 0 Å². The number of hydrogen-bond donors (Lipinski definition) is 0. The summed E-state index contributed by atoms with van der Waals surface area (Å²) in [7, 11) is 0. The Kier molecular flexibility index (Phi) is 7.13. The monoisotopic (exact) mass is 740 g/mol. The van der Waals surface area contributed by atoms with Gasteiger partial charge in [-0.25, -0.2) is 9.97 Å². The number of anilines is 3. The fourth-order valence-electron chi connectivity index (χ4n) is 8.81. The van der Waals surface area contributed by atoms with E-state index in [0.717, 1.165) is 94.9 Å². The normalized spacial score (nSPS) is 12.1. The molecule has 0 N–H and O–H groups in total. The summed E-state index contributed by atoms with van der Waals surface area (Å²) < 4.78 is 2.44. The van der Waals surface area contributed by atoms with Crippen molar-refractivity contribution < 1.29 is 0 Å². The van der Waals surface area contributed by atoms with Crippen molar-refractivity contribution in [1.29, 1.82) is 0 Å². The molecular weight excluding hydrogens is 709 g/mol. The molecule has 6 heteroatoms. The summed E-state index contributed by atoms with van der Waals surface area (Å²) in [5, 5.41) is 5.66.